The minimum atomic E-state index is -3.99. The van der Waals surface area contributed by atoms with E-state index < -0.39 is 23.8 Å². The Hall–Kier alpha value is -0.330. The molecule has 1 aromatic rings. The number of rotatable bonds is 8. The van der Waals surface area contributed by atoms with E-state index in [-0.39, 0.29) is 11.0 Å². The SMILES string of the molecule is CCSc1cccc(C)c1S(=O)(=O)OCP(C)(=O)OC(C)C. The summed E-state index contributed by atoms with van der Waals surface area (Å²) < 4.78 is 47.4. The van der Waals surface area contributed by atoms with E-state index >= 15 is 0 Å². The molecule has 0 aromatic heterocycles. The van der Waals surface area contributed by atoms with Crippen LogP contribution in [0.2, 0.25) is 0 Å². The van der Waals surface area contributed by atoms with Crippen LogP contribution in [0, 0.1) is 6.92 Å². The van der Waals surface area contributed by atoms with Gasteiger partial charge in [-0.3, -0.25) is 8.75 Å². The highest BCUT2D eigenvalue weighted by molar-refractivity contribution is 8.00. The highest BCUT2D eigenvalue weighted by Gasteiger charge is 2.27. The first-order valence-electron chi connectivity index (χ1n) is 6.96. The third-order valence-electron chi connectivity index (χ3n) is 2.60. The second-order valence-corrected chi connectivity index (χ2v) is 10.6. The van der Waals surface area contributed by atoms with E-state index in [4.69, 9.17) is 8.71 Å². The zero-order valence-electron chi connectivity index (χ0n) is 13.5. The summed E-state index contributed by atoms with van der Waals surface area (Å²) in [7, 11) is -7.11. The van der Waals surface area contributed by atoms with Crippen LogP contribution < -0.4 is 0 Å². The Morgan fingerprint density at radius 1 is 1.32 bits per heavy atom. The third-order valence-corrected chi connectivity index (χ3v) is 6.78. The van der Waals surface area contributed by atoms with Crippen LogP contribution in [0.5, 0.6) is 0 Å². The molecule has 0 aliphatic carbocycles. The summed E-state index contributed by atoms with van der Waals surface area (Å²) in [6.45, 7) is 8.51. The summed E-state index contributed by atoms with van der Waals surface area (Å²) in [5.74, 6) is 0.745. The first-order chi connectivity index (χ1) is 10.1. The molecular weight excluding hydrogens is 343 g/mol. The lowest BCUT2D eigenvalue weighted by Crippen LogP contribution is -2.12. The maximum absolute atomic E-state index is 12.5. The quantitative estimate of drug-likeness (QED) is 0.392. The van der Waals surface area contributed by atoms with Crippen LogP contribution in [0.1, 0.15) is 26.3 Å². The van der Waals surface area contributed by atoms with Crippen molar-refractivity contribution < 1.29 is 21.7 Å². The van der Waals surface area contributed by atoms with Gasteiger partial charge in [0.25, 0.3) is 10.1 Å². The Morgan fingerprint density at radius 3 is 2.50 bits per heavy atom. The van der Waals surface area contributed by atoms with Crippen molar-refractivity contribution in [1.29, 1.82) is 0 Å². The van der Waals surface area contributed by atoms with Gasteiger partial charge in [0.15, 0.2) is 0 Å². The zero-order chi connectivity index (χ0) is 17.0. The highest BCUT2D eigenvalue weighted by atomic mass is 32.2. The van der Waals surface area contributed by atoms with Crippen molar-refractivity contribution in [3.8, 4) is 0 Å². The summed E-state index contributed by atoms with van der Waals surface area (Å²) in [4.78, 5) is 0.782. The van der Waals surface area contributed by atoms with E-state index in [9.17, 15) is 13.0 Å². The van der Waals surface area contributed by atoms with Crippen molar-refractivity contribution in [2.75, 3.05) is 18.8 Å². The van der Waals surface area contributed by atoms with Gasteiger partial charge in [0.1, 0.15) is 11.2 Å². The maximum Gasteiger partial charge on any atom is 0.298 e. The molecule has 0 spiro atoms. The van der Waals surface area contributed by atoms with Crippen molar-refractivity contribution in [2.24, 2.45) is 0 Å². The second-order valence-electron chi connectivity index (χ2n) is 5.20. The number of benzene rings is 1. The molecule has 0 N–H and O–H groups in total. The standard InChI is InChI=1S/C14H23O5PS2/c1-6-21-13-9-7-8-12(4)14(13)22(16,17)18-10-20(5,15)19-11(2)3/h7-9,11H,6,10H2,1-5H3. The fraction of sp³-hybridized carbons (Fsp3) is 0.571. The van der Waals surface area contributed by atoms with E-state index in [2.05, 4.69) is 0 Å². The molecule has 5 nitrogen and oxygen atoms in total. The van der Waals surface area contributed by atoms with E-state index in [0.717, 1.165) is 5.75 Å². The van der Waals surface area contributed by atoms with Crippen molar-refractivity contribution in [2.45, 2.75) is 43.6 Å². The summed E-state index contributed by atoms with van der Waals surface area (Å²) in [5.41, 5.74) is 0.606. The molecule has 0 saturated carbocycles. The summed E-state index contributed by atoms with van der Waals surface area (Å²) in [5, 5.41) is 0. The van der Waals surface area contributed by atoms with Gasteiger partial charge in [0, 0.05) is 11.6 Å². The number of hydrogen-bond donors (Lipinski definition) is 0. The minimum Gasteiger partial charge on any atom is -0.324 e. The van der Waals surface area contributed by atoms with Gasteiger partial charge in [-0.25, -0.2) is 0 Å². The normalized spacial score (nSPS) is 15.0. The van der Waals surface area contributed by atoms with Crippen LogP contribution in [-0.4, -0.2) is 33.3 Å². The molecule has 1 atom stereocenters. The molecule has 1 aromatic carbocycles. The van der Waals surface area contributed by atoms with Gasteiger partial charge in [-0.2, -0.15) is 8.42 Å². The lowest BCUT2D eigenvalue weighted by atomic mass is 10.2. The molecular formula is C14H23O5PS2. The van der Waals surface area contributed by atoms with Gasteiger partial charge in [0.2, 0.25) is 7.37 Å². The minimum absolute atomic E-state index is 0.145. The Labute approximate surface area is 137 Å². The first-order valence-corrected chi connectivity index (χ1v) is 11.6. The molecule has 8 heteroatoms. The summed E-state index contributed by atoms with van der Waals surface area (Å²) in [6.07, 6.45) is -0.718. The van der Waals surface area contributed by atoms with Gasteiger partial charge in [-0.1, -0.05) is 19.1 Å². The molecule has 1 unspecified atom stereocenters. The van der Waals surface area contributed by atoms with Crippen LogP contribution in [-0.2, 0) is 23.4 Å². The number of thioether (sulfide) groups is 1. The molecule has 0 saturated heterocycles. The predicted octanol–water partition coefficient (Wildman–Crippen LogP) is 4.10. The predicted molar refractivity (Wildman–Crippen MR) is 90.5 cm³/mol. The van der Waals surface area contributed by atoms with Crippen LogP contribution in [0.3, 0.4) is 0 Å². The number of aryl methyl sites for hydroxylation is 1. The van der Waals surface area contributed by atoms with Crippen molar-refractivity contribution >= 4 is 29.2 Å². The van der Waals surface area contributed by atoms with E-state index in [0.29, 0.717) is 10.5 Å². The monoisotopic (exact) mass is 366 g/mol. The van der Waals surface area contributed by atoms with E-state index in [1.165, 1.54) is 18.4 Å². The topological polar surface area (TPSA) is 69.7 Å². The van der Waals surface area contributed by atoms with Gasteiger partial charge in [-0.05, 0) is 38.2 Å². The van der Waals surface area contributed by atoms with Crippen molar-refractivity contribution in [3.05, 3.63) is 23.8 Å². The molecule has 1 rings (SSSR count). The molecule has 126 valence electrons. The first kappa shape index (κ1) is 19.7. The molecule has 0 aliphatic rings. The van der Waals surface area contributed by atoms with Gasteiger partial charge >= 0.3 is 0 Å². The molecule has 0 fully saturated rings. The molecule has 0 heterocycles. The average Bonchev–Trinajstić information content (AvgIpc) is 2.35. The van der Waals surface area contributed by atoms with E-state index in [1.807, 2.05) is 6.92 Å². The van der Waals surface area contributed by atoms with Gasteiger partial charge < -0.3 is 4.52 Å². The summed E-state index contributed by atoms with van der Waals surface area (Å²) in [6, 6.07) is 5.26. The largest absolute Gasteiger partial charge is 0.324 e. The average molecular weight is 366 g/mol. The molecule has 0 aliphatic heterocycles. The van der Waals surface area contributed by atoms with E-state index in [1.54, 1.807) is 39.0 Å². The fourth-order valence-electron chi connectivity index (χ4n) is 1.92. The highest BCUT2D eigenvalue weighted by Crippen LogP contribution is 2.45. The Kier molecular flexibility index (Phi) is 7.15. The molecule has 0 radical (unpaired) electrons. The van der Waals surface area contributed by atoms with Crippen molar-refractivity contribution in [1.82, 2.24) is 0 Å². The second kappa shape index (κ2) is 7.97. The maximum atomic E-state index is 12.5. The Morgan fingerprint density at radius 2 is 1.95 bits per heavy atom. The molecule has 22 heavy (non-hydrogen) atoms. The molecule has 0 bridgehead atoms. The lowest BCUT2D eigenvalue weighted by molar-refractivity contribution is 0.230. The molecule has 0 amide bonds. The fourth-order valence-corrected chi connectivity index (χ4v) is 6.34. The Bertz CT molecular complexity index is 655. The third kappa shape index (κ3) is 5.70. The van der Waals surface area contributed by atoms with Crippen LogP contribution in [0.4, 0.5) is 0 Å². The van der Waals surface area contributed by atoms with Crippen LogP contribution >= 0.6 is 19.1 Å². The van der Waals surface area contributed by atoms with Crippen molar-refractivity contribution in [3.63, 3.8) is 0 Å². The van der Waals surface area contributed by atoms with Crippen LogP contribution in [0.15, 0.2) is 28.0 Å². The number of hydrogen-bond acceptors (Lipinski definition) is 6. The van der Waals surface area contributed by atoms with Gasteiger partial charge in [0.05, 0.1) is 6.10 Å². The smallest absolute Gasteiger partial charge is 0.298 e. The lowest BCUT2D eigenvalue weighted by Gasteiger charge is -2.18. The zero-order valence-corrected chi connectivity index (χ0v) is 16.1. The van der Waals surface area contributed by atoms with Gasteiger partial charge in [-0.15, -0.1) is 11.8 Å². The summed E-state index contributed by atoms with van der Waals surface area (Å²) >= 11 is 1.43. The van der Waals surface area contributed by atoms with Crippen LogP contribution in [0.25, 0.3) is 0 Å². The Balaban J connectivity index is 3.03.